The summed E-state index contributed by atoms with van der Waals surface area (Å²) in [5, 5.41) is 0. The largest absolute Gasteiger partial charge is 1.00 e. The molecule has 3 rings (SSSR count). The normalized spacial score (nSPS) is 29.8. The number of aryl methyl sites for hydroxylation is 1. The molecule has 2 bridgehead atoms. The van der Waals surface area contributed by atoms with Crippen LogP contribution in [0.5, 0.6) is 0 Å². The summed E-state index contributed by atoms with van der Waals surface area (Å²) in [5.74, 6) is -0.732. The Morgan fingerprint density at radius 2 is 1.83 bits per heavy atom. The van der Waals surface area contributed by atoms with Gasteiger partial charge in [0.2, 0.25) is 0 Å². The first-order valence-corrected chi connectivity index (χ1v) is 9.41. The maximum Gasteiger partial charge on any atom is 1.00 e. The Morgan fingerprint density at radius 3 is 2.38 bits per heavy atom. The number of rotatable bonds is 3. The Labute approximate surface area is 165 Å². The van der Waals surface area contributed by atoms with Crippen LogP contribution < -0.4 is 29.6 Å². The van der Waals surface area contributed by atoms with E-state index in [0.717, 1.165) is 17.5 Å². The van der Waals surface area contributed by atoms with Crippen molar-refractivity contribution in [1.29, 1.82) is 0 Å². The van der Waals surface area contributed by atoms with E-state index in [9.17, 15) is 17.8 Å². The number of allylic oxidation sites excluding steroid dienone is 1. The Hall–Kier alpha value is -0.460. The summed E-state index contributed by atoms with van der Waals surface area (Å²) in [6.45, 7) is 5.84. The molecule has 0 N–H and O–H groups in total. The average Bonchev–Trinajstić information content (AvgIpc) is 2.74. The van der Waals surface area contributed by atoms with Crippen LogP contribution in [0.4, 0.5) is 0 Å². The maximum absolute atomic E-state index is 13.0. The molecule has 0 saturated heterocycles. The van der Waals surface area contributed by atoms with Crippen molar-refractivity contribution in [2.24, 2.45) is 16.7 Å². The standard InChI is InChI=1S/C18H22O4S.Na/c1-12-4-6-13(7-5-12)10-14-15-8-9-18(16(14)19,17(15,2)3)11-23(20,21)22;/h4-7,10,15H,8-9,11H2,1-3H3,(H,20,21,22);/q;+1/p-1. The molecule has 0 aromatic heterocycles. The van der Waals surface area contributed by atoms with Crippen molar-refractivity contribution < 1.29 is 47.3 Å². The van der Waals surface area contributed by atoms with E-state index in [1.807, 2.05) is 51.1 Å². The number of hydrogen-bond acceptors (Lipinski definition) is 4. The zero-order valence-corrected chi connectivity index (χ0v) is 17.4. The van der Waals surface area contributed by atoms with Gasteiger partial charge in [-0.25, -0.2) is 8.42 Å². The van der Waals surface area contributed by atoms with Crippen LogP contribution in [0.3, 0.4) is 0 Å². The minimum absolute atomic E-state index is 0. The first-order valence-electron chi connectivity index (χ1n) is 7.83. The summed E-state index contributed by atoms with van der Waals surface area (Å²) >= 11 is 0. The molecular formula is C18H21NaO4S. The molecule has 0 radical (unpaired) electrons. The van der Waals surface area contributed by atoms with Crippen molar-refractivity contribution in [2.45, 2.75) is 33.6 Å². The third-order valence-electron chi connectivity index (χ3n) is 5.86. The fourth-order valence-corrected chi connectivity index (χ4v) is 5.68. The Bertz CT molecular complexity index is 793. The van der Waals surface area contributed by atoms with Crippen LogP contribution in [0.2, 0.25) is 0 Å². The molecule has 1 aromatic rings. The number of fused-ring (bicyclic) bond motifs is 2. The van der Waals surface area contributed by atoms with Gasteiger partial charge in [-0.05, 0) is 42.7 Å². The van der Waals surface area contributed by atoms with Crippen LogP contribution in [0.25, 0.3) is 6.08 Å². The minimum Gasteiger partial charge on any atom is -0.748 e. The molecule has 4 nitrogen and oxygen atoms in total. The van der Waals surface area contributed by atoms with Crippen LogP contribution in [0.15, 0.2) is 29.8 Å². The fraction of sp³-hybridized carbons (Fsp3) is 0.500. The van der Waals surface area contributed by atoms with Crippen molar-refractivity contribution in [3.8, 4) is 0 Å². The molecule has 2 aliphatic carbocycles. The van der Waals surface area contributed by atoms with Crippen molar-refractivity contribution in [1.82, 2.24) is 0 Å². The van der Waals surface area contributed by atoms with E-state index < -0.39 is 26.7 Å². The monoisotopic (exact) mass is 356 g/mol. The second kappa shape index (κ2) is 6.36. The second-order valence-corrected chi connectivity index (χ2v) is 8.84. The van der Waals surface area contributed by atoms with Crippen molar-refractivity contribution >= 4 is 22.0 Å². The number of Topliss-reactive ketones (excluding diaryl/α,β-unsaturated/α-hetero) is 1. The predicted molar refractivity (Wildman–Crippen MR) is 87.7 cm³/mol. The van der Waals surface area contributed by atoms with Crippen molar-refractivity contribution in [3.05, 3.63) is 41.0 Å². The third kappa shape index (κ3) is 3.06. The van der Waals surface area contributed by atoms with Crippen LogP contribution >= 0.6 is 0 Å². The zero-order chi connectivity index (χ0) is 17.0. The van der Waals surface area contributed by atoms with Gasteiger partial charge in [-0.3, -0.25) is 4.79 Å². The minimum atomic E-state index is -4.46. The summed E-state index contributed by atoms with van der Waals surface area (Å²) < 4.78 is 34.1. The van der Waals surface area contributed by atoms with Gasteiger partial charge in [-0.15, -0.1) is 0 Å². The number of ketones is 1. The van der Waals surface area contributed by atoms with E-state index in [-0.39, 0.29) is 41.3 Å². The average molecular weight is 356 g/mol. The Morgan fingerprint density at radius 1 is 1.25 bits per heavy atom. The maximum atomic E-state index is 13.0. The number of hydrogen-bond donors (Lipinski definition) is 0. The van der Waals surface area contributed by atoms with Gasteiger partial charge in [-0.2, -0.15) is 0 Å². The summed E-state index contributed by atoms with van der Waals surface area (Å²) in [6.07, 6.45) is 3.11. The molecule has 2 aliphatic rings. The Kier molecular flexibility index (Phi) is 5.27. The van der Waals surface area contributed by atoms with E-state index in [4.69, 9.17) is 0 Å². The molecule has 1 aromatic carbocycles. The molecule has 0 heterocycles. The molecular weight excluding hydrogens is 335 g/mol. The van der Waals surface area contributed by atoms with Gasteiger partial charge in [0.1, 0.15) is 0 Å². The quantitative estimate of drug-likeness (QED) is 0.432. The number of benzene rings is 1. The molecule has 2 unspecified atom stereocenters. The van der Waals surface area contributed by atoms with Crippen molar-refractivity contribution in [3.63, 3.8) is 0 Å². The first-order chi connectivity index (χ1) is 10.6. The zero-order valence-electron chi connectivity index (χ0n) is 14.6. The Balaban J connectivity index is 0.00000208. The summed E-state index contributed by atoms with van der Waals surface area (Å²) in [5.41, 5.74) is 1.18. The molecule has 0 aliphatic heterocycles. The summed E-state index contributed by atoms with van der Waals surface area (Å²) in [7, 11) is -4.46. The number of carbonyl (C=O) groups is 1. The van der Waals surface area contributed by atoms with Gasteiger partial charge in [0.15, 0.2) is 5.78 Å². The van der Waals surface area contributed by atoms with Gasteiger partial charge in [0.05, 0.1) is 21.3 Å². The van der Waals surface area contributed by atoms with Gasteiger partial charge in [0.25, 0.3) is 0 Å². The molecule has 2 saturated carbocycles. The first kappa shape index (κ1) is 19.9. The second-order valence-electron chi connectivity index (χ2n) is 7.44. The summed E-state index contributed by atoms with van der Waals surface area (Å²) in [6, 6.07) is 7.86. The van der Waals surface area contributed by atoms with E-state index in [1.54, 1.807) is 0 Å². The van der Waals surface area contributed by atoms with E-state index in [1.165, 1.54) is 0 Å². The molecule has 0 amide bonds. The van der Waals surface area contributed by atoms with Gasteiger partial charge in [0, 0.05) is 5.57 Å². The van der Waals surface area contributed by atoms with E-state index >= 15 is 0 Å². The molecule has 6 heteroatoms. The molecule has 124 valence electrons. The molecule has 2 fully saturated rings. The fourth-order valence-electron chi connectivity index (χ4n) is 4.43. The smallest absolute Gasteiger partial charge is 0.748 e. The van der Waals surface area contributed by atoms with Gasteiger partial charge < -0.3 is 4.55 Å². The molecule has 2 atom stereocenters. The van der Waals surface area contributed by atoms with Gasteiger partial charge >= 0.3 is 29.6 Å². The van der Waals surface area contributed by atoms with Crippen LogP contribution in [-0.2, 0) is 14.9 Å². The van der Waals surface area contributed by atoms with Crippen LogP contribution in [0.1, 0.15) is 37.8 Å². The summed E-state index contributed by atoms with van der Waals surface area (Å²) in [4.78, 5) is 13.0. The van der Waals surface area contributed by atoms with Crippen LogP contribution in [0, 0.1) is 23.7 Å². The van der Waals surface area contributed by atoms with Crippen molar-refractivity contribution in [2.75, 3.05) is 5.75 Å². The SMILES string of the molecule is Cc1ccc(C=C2C(=O)C3(CS(=O)(=O)[O-])CCC2C3(C)C)cc1.[Na+]. The van der Waals surface area contributed by atoms with E-state index in [2.05, 4.69) is 0 Å². The molecule has 24 heavy (non-hydrogen) atoms. The van der Waals surface area contributed by atoms with E-state index in [0.29, 0.717) is 12.0 Å². The van der Waals surface area contributed by atoms with Crippen LogP contribution in [-0.4, -0.2) is 24.5 Å². The topological polar surface area (TPSA) is 74.3 Å². The predicted octanol–water partition coefficient (Wildman–Crippen LogP) is -0.0671. The molecule has 0 spiro atoms. The third-order valence-corrected chi connectivity index (χ3v) is 6.71. The number of carbonyl (C=O) groups excluding carboxylic acids is 1. The van der Waals surface area contributed by atoms with Gasteiger partial charge in [-0.1, -0.05) is 43.7 Å².